The Morgan fingerprint density at radius 2 is 1.44 bits per heavy atom. The van der Waals surface area contributed by atoms with Crippen LogP contribution < -0.4 is 15.4 Å². The Morgan fingerprint density at radius 3 is 2.00 bits per heavy atom. The van der Waals surface area contributed by atoms with Crippen LogP contribution in [-0.4, -0.2) is 43.8 Å². The van der Waals surface area contributed by atoms with Crippen molar-refractivity contribution in [3.8, 4) is 5.75 Å². The zero-order valence-electron chi connectivity index (χ0n) is 22.7. The van der Waals surface area contributed by atoms with Crippen LogP contribution >= 0.6 is 0 Å². The summed E-state index contributed by atoms with van der Waals surface area (Å²) in [5, 5.41) is 6.41. The molecule has 2 amide bonds. The van der Waals surface area contributed by atoms with Crippen molar-refractivity contribution in [1.82, 2.24) is 10.6 Å². The maximum Gasteiger partial charge on any atom is 0.338 e. The predicted molar refractivity (Wildman–Crippen MR) is 146 cm³/mol. The highest BCUT2D eigenvalue weighted by Crippen LogP contribution is 2.55. The van der Waals surface area contributed by atoms with Gasteiger partial charge < -0.3 is 24.8 Å². The number of hydrogen-bond donors (Lipinski definition) is 2. The largest absolute Gasteiger partial charge is 0.486 e. The molecule has 6 rings (SSSR count). The van der Waals surface area contributed by atoms with Crippen molar-refractivity contribution in [3.05, 3.63) is 65.2 Å². The maximum absolute atomic E-state index is 13.0. The fourth-order valence-corrected chi connectivity index (χ4v) is 7.16. The van der Waals surface area contributed by atoms with E-state index in [1.165, 1.54) is 26.4 Å². The second kappa shape index (κ2) is 11.7. The van der Waals surface area contributed by atoms with Crippen molar-refractivity contribution in [2.45, 2.75) is 63.5 Å². The van der Waals surface area contributed by atoms with E-state index in [0.29, 0.717) is 36.4 Å². The summed E-state index contributed by atoms with van der Waals surface area (Å²) in [5.74, 6) is 2.08. The van der Waals surface area contributed by atoms with Crippen molar-refractivity contribution in [2.24, 2.45) is 17.8 Å². The highest BCUT2D eigenvalue weighted by Gasteiger charge is 2.51. The minimum atomic E-state index is -0.415. The normalized spacial score (nSPS) is 25.4. The van der Waals surface area contributed by atoms with Gasteiger partial charge in [0.05, 0.1) is 24.8 Å². The Morgan fingerprint density at radius 1 is 0.872 bits per heavy atom. The molecule has 208 valence electrons. The Bertz CT molecular complexity index is 1140. The molecule has 1 unspecified atom stereocenters. The fourth-order valence-electron chi connectivity index (χ4n) is 7.16. The van der Waals surface area contributed by atoms with Crippen molar-refractivity contribution in [1.29, 1.82) is 0 Å². The second-order valence-corrected chi connectivity index (χ2v) is 11.3. The molecule has 8 heteroatoms. The number of carbonyl (C=O) groups is 3. The van der Waals surface area contributed by atoms with Gasteiger partial charge in [-0.05, 0) is 105 Å². The van der Waals surface area contributed by atoms with E-state index in [2.05, 4.69) is 10.6 Å². The van der Waals surface area contributed by atoms with Crippen LogP contribution in [-0.2, 0) is 9.47 Å². The number of benzene rings is 2. The summed E-state index contributed by atoms with van der Waals surface area (Å²) in [4.78, 5) is 36.8. The standard InChI is InChI=1S/C31H38N2O6/c1-3-38-29(35)25-6-4-23(5-7-25)27(39-26-10-8-24(9-11-26)28(34)37-2)12-13-32-30(36)33-31-17-20-14-21(18-31)16-22(15-20)19-31/h4-11,20-22,27H,3,12-19H2,1-2H3,(H2,32,33,36). The van der Waals surface area contributed by atoms with Crippen LogP contribution in [0.1, 0.15) is 84.3 Å². The molecule has 2 N–H and O–H groups in total. The molecule has 4 aliphatic rings. The smallest absolute Gasteiger partial charge is 0.338 e. The maximum atomic E-state index is 13.0. The second-order valence-electron chi connectivity index (χ2n) is 11.3. The van der Waals surface area contributed by atoms with E-state index in [4.69, 9.17) is 14.2 Å². The zero-order valence-corrected chi connectivity index (χ0v) is 22.7. The molecule has 4 fully saturated rings. The topological polar surface area (TPSA) is 103 Å². The van der Waals surface area contributed by atoms with Gasteiger partial charge in [0.15, 0.2) is 0 Å². The molecule has 0 aromatic heterocycles. The van der Waals surface area contributed by atoms with Crippen LogP contribution in [0.5, 0.6) is 5.75 Å². The highest BCUT2D eigenvalue weighted by atomic mass is 16.5. The Balaban J connectivity index is 1.23. The lowest BCUT2D eigenvalue weighted by Crippen LogP contribution is -2.61. The lowest BCUT2D eigenvalue weighted by atomic mass is 9.53. The number of amides is 2. The monoisotopic (exact) mass is 534 g/mol. The number of hydrogen-bond acceptors (Lipinski definition) is 6. The molecular weight excluding hydrogens is 496 g/mol. The fraction of sp³-hybridized carbons (Fsp3) is 0.516. The first-order valence-electron chi connectivity index (χ1n) is 14.0. The van der Waals surface area contributed by atoms with Crippen molar-refractivity contribution < 1.29 is 28.6 Å². The van der Waals surface area contributed by atoms with Crippen LogP contribution in [0, 0.1) is 17.8 Å². The third-order valence-electron chi connectivity index (χ3n) is 8.46. The summed E-state index contributed by atoms with van der Waals surface area (Å²) < 4.78 is 16.2. The van der Waals surface area contributed by atoms with Crippen LogP contribution in [0.15, 0.2) is 48.5 Å². The summed E-state index contributed by atoms with van der Waals surface area (Å²) in [5.41, 5.74) is 1.72. The van der Waals surface area contributed by atoms with E-state index in [1.54, 1.807) is 43.3 Å². The van der Waals surface area contributed by atoms with E-state index in [-0.39, 0.29) is 23.6 Å². The molecule has 0 spiro atoms. The van der Waals surface area contributed by atoms with Gasteiger partial charge in [0.2, 0.25) is 0 Å². The molecule has 0 radical (unpaired) electrons. The summed E-state index contributed by atoms with van der Waals surface area (Å²) in [6.45, 7) is 2.50. The molecule has 39 heavy (non-hydrogen) atoms. The molecule has 0 heterocycles. The average Bonchev–Trinajstić information content (AvgIpc) is 2.91. The van der Waals surface area contributed by atoms with Crippen LogP contribution in [0.3, 0.4) is 0 Å². The first kappa shape index (κ1) is 27.0. The highest BCUT2D eigenvalue weighted by molar-refractivity contribution is 5.89. The predicted octanol–water partition coefficient (Wildman–Crippen LogP) is 5.43. The van der Waals surface area contributed by atoms with Gasteiger partial charge in [0, 0.05) is 18.5 Å². The number of nitrogens with one attached hydrogen (secondary N) is 2. The number of esters is 2. The van der Waals surface area contributed by atoms with E-state index in [0.717, 1.165) is 42.6 Å². The van der Waals surface area contributed by atoms with Gasteiger partial charge in [0.1, 0.15) is 11.9 Å². The first-order valence-corrected chi connectivity index (χ1v) is 14.0. The number of methoxy groups -OCH3 is 1. The average molecular weight is 535 g/mol. The van der Waals surface area contributed by atoms with Gasteiger partial charge in [-0.15, -0.1) is 0 Å². The summed E-state index contributed by atoms with van der Waals surface area (Å²) in [6.07, 6.45) is 7.44. The summed E-state index contributed by atoms with van der Waals surface area (Å²) in [6, 6.07) is 13.8. The molecule has 0 aliphatic heterocycles. The molecule has 1 atom stereocenters. The van der Waals surface area contributed by atoms with Crippen LogP contribution in [0.25, 0.3) is 0 Å². The van der Waals surface area contributed by atoms with Gasteiger partial charge in [-0.2, -0.15) is 0 Å². The number of ether oxygens (including phenoxy) is 3. The Hall–Kier alpha value is -3.55. The zero-order chi connectivity index (χ0) is 27.4. The Kier molecular flexibility index (Phi) is 8.10. The lowest BCUT2D eigenvalue weighted by molar-refractivity contribution is -0.0135. The number of rotatable bonds is 10. The van der Waals surface area contributed by atoms with Gasteiger partial charge >= 0.3 is 18.0 Å². The summed E-state index contributed by atoms with van der Waals surface area (Å²) >= 11 is 0. The SMILES string of the molecule is CCOC(=O)c1ccc(C(CCNC(=O)NC23CC4CC(CC(C4)C2)C3)Oc2ccc(C(=O)OC)cc2)cc1. The first-order chi connectivity index (χ1) is 18.9. The molecule has 4 aliphatic carbocycles. The van der Waals surface area contributed by atoms with E-state index in [9.17, 15) is 14.4 Å². The van der Waals surface area contributed by atoms with E-state index in [1.807, 2.05) is 12.1 Å². The van der Waals surface area contributed by atoms with Crippen molar-refractivity contribution in [3.63, 3.8) is 0 Å². The molecular formula is C31H38N2O6. The lowest BCUT2D eigenvalue weighted by Gasteiger charge is -2.56. The Labute approximate surface area is 229 Å². The molecule has 0 saturated heterocycles. The van der Waals surface area contributed by atoms with Gasteiger partial charge in [0.25, 0.3) is 0 Å². The van der Waals surface area contributed by atoms with Crippen molar-refractivity contribution in [2.75, 3.05) is 20.3 Å². The van der Waals surface area contributed by atoms with Gasteiger partial charge in [-0.3, -0.25) is 0 Å². The van der Waals surface area contributed by atoms with Gasteiger partial charge in [-0.25, -0.2) is 14.4 Å². The molecule has 2 aromatic carbocycles. The molecule has 4 saturated carbocycles. The molecule has 8 nitrogen and oxygen atoms in total. The third-order valence-corrected chi connectivity index (χ3v) is 8.46. The minimum Gasteiger partial charge on any atom is -0.486 e. The number of carbonyl (C=O) groups excluding carboxylic acids is 3. The third kappa shape index (κ3) is 6.37. The van der Waals surface area contributed by atoms with E-state index < -0.39 is 5.97 Å². The van der Waals surface area contributed by atoms with Crippen LogP contribution in [0.2, 0.25) is 0 Å². The van der Waals surface area contributed by atoms with Crippen LogP contribution in [0.4, 0.5) is 4.79 Å². The molecule has 4 bridgehead atoms. The molecule has 2 aromatic rings. The quantitative estimate of drug-likeness (QED) is 0.394. The summed E-state index contributed by atoms with van der Waals surface area (Å²) in [7, 11) is 1.34. The van der Waals surface area contributed by atoms with Crippen molar-refractivity contribution >= 4 is 18.0 Å². The van der Waals surface area contributed by atoms with Gasteiger partial charge in [-0.1, -0.05) is 12.1 Å². The minimum absolute atomic E-state index is 0.0426. The van der Waals surface area contributed by atoms with E-state index >= 15 is 0 Å². The number of urea groups is 1.